The van der Waals surface area contributed by atoms with E-state index in [1.807, 2.05) is 37.3 Å². The zero-order chi connectivity index (χ0) is 32.2. The molecule has 4 N–H and O–H groups in total. The number of fused-ring (bicyclic) bond motifs is 1. The van der Waals surface area contributed by atoms with Gasteiger partial charge in [-0.15, -0.1) is 0 Å². The number of nitrogens with one attached hydrogen (secondary N) is 4. The molecule has 0 saturated carbocycles. The Balaban J connectivity index is 1.04. The standard InChI is InChI=1S/C33H30N8O5/c1-19-9-10-21(17-25(19)39-33-36-16-13-23(38-33)20-5-3-14-34-18-20)37-27(42)8-4-15-35-24-7-2-6-22-29(24)32(46)41(31(22)45)26-11-12-28(43)40-30(26)44/h2-3,5-7,9-10,13-14,16-18,26,35H,4,8,11-12,15H2,1H3,(H,37,42)(H,36,38,39)(H,40,43,44). The molecule has 4 aromatic rings. The third kappa shape index (κ3) is 6.29. The van der Waals surface area contributed by atoms with Crippen LogP contribution in [0.15, 0.2) is 73.2 Å². The minimum Gasteiger partial charge on any atom is -0.384 e. The lowest BCUT2D eigenvalue weighted by Gasteiger charge is -2.27. The van der Waals surface area contributed by atoms with Gasteiger partial charge in [0.2, 0.25) is 23.7 Å². The molecule has 4 heterocycles. The van der Waals surface area contributed by atoms with Crippen LogP contribution in [0, 0.1) is 6.92 Å². The van der Waals surface area contributed by atoms with Crippen molar-refractivity contribution in [3.8, 4) is 11.3 Å². The molecule has 2 aliphatic heterocycles. The smallest absolute Gasteiger partial charge is 0.264 e. The van der Waals surface area contributed by atoms with Gasteiger partial charge in [-0.05, 0) is 67.8 Å². The van der Waals surface area contributed by atoms with Gasteiger partial charge in [-0.2, -0.15) is 0 Å². The first-order valence-electron chi connectivity index (χ1n) is 14.8. The second-order valence-electron chi connectivity index (χ2n) is 10.9. The average molecular weight is 619 g/mol. The number of hydrogen-bond acceptors (Lipinski definition) is 10. The molecular formula is C33H30N8O5. The van der Waals surface area contributed by atoms with Crippen LogP contribution in [0.1, 0.15) is 52.0 Å². The summed E-state index contributed by atoms with van der Waals surface area (Å²) in [6.45, 7) is 2.29. The Bertz CT molecular complexity index is 1860. The summed E-state index contributed by atoms with van der Waals surface area (Å²) < 4.78 is 0. The van der Waals surface area contributed by atoms with Crippen molar-refractivity contribution in [2.75, 3.05) is 22.5 Å². The molecular weight excluding hydrogens is 588 g/mol. The van der Waals surface area contributed by atoms with Gasteiger partial charge in [0.1, 0.15) is 6.04 Å². The summed E-state index contributed by atoms with van der Waals surface area (Å²) in [5.41, 5.74) is 4.69. The quantitative estimate of drug-likeness (QED) is 0.151. The average Bonchev–Trinajstić information content (AvgIpc) is 3.31. The summed E-state index contributed by atoms with van der Waals surface area (Å²) in [7, 11) is 0. The lowest BCUT2D eigenvalue weighted by atomic mass is 10.0. The van der Waals surface area contributed by atoms with Gasteiger partial charge in [-0.1, -0.05) is 12.1 Å². The van der Waals surface area contributed by atoms with E-state index in [0.29, 0.717) is 30.3 Å². The van der Waals surface area contributed by atoms with E-state index in [1.54, 1.807) is 36.8 Å². The number of carbonyl (C=O) groups excluding carboxylic acids is 5. The maximum atomic E-state index is 13.3. The number of carbonyl (C=O) groups is 5. The van der Waals surface area contributed by atoms with Crippen LogP contribution in [0.5, 0.6) is 0 Å². The minimum absolute atomic E-state index is 0.0481. The first-order chi connectivity index (χ1) is 22.3. The first-order valence-corrected chi connectivity index (χ1v) is 14.8. The highest BCUT2D eigenvalue weighted by Gasteiger charge is 2.45. The van der Waals surface area contributed by atoms with Crippen molar-refractivity contribution < 1.29 is 24.0 Å². The van der Waals surface area contributed by atoms with Gasteiger partial charge in [-0.25, -0.2) is 9.97 Å². The first kappa shape index (κ1) is 30.1. The number of anilines is 4. The molecule has 1 unspecified atom stereocenters. The molecule has 0 radical (unpaired) electrons. The zero-order valence-corrected chi connectivity index (χ0v) is 24.9. The van der Waals surface area contributed by atoms with Crippen molar-refractivity contribution in [2.24, 2.45) is 0 Å². The summed E-state index contributed by atoms with van der Waals surface area (Å²) in [6, 6.07) is 14.9. The fourth-order valence-electron chi connectivity index (χ4n) is 5.41. The molecule has 13 nitrogen and oxygen atoms in total. The van der Waals surface area contributed by atoms with Crippen LogP contribution in [-0.2, 0) is 14.4 Å². The lowest BCUT2D eigenvalue weighted by molar-refractivity contribution is -0.136. The Morgan fingerprint density at radius 1 is 1.00 bits per heavy atom. The van der Waals surface area contributed by atoms with Crippen molar-refractivity contribution in [2.45, 2.75) is 38.6 Å². The molecule has 1 atom stereocenters. The SMILES string of the molecule is Cc1ccc(NC(=O)CCCNc2cccc3c2C(=O)N(C2CCC(=O)NC2=O)C3=O)cc1Nc1nccc(-c2cccnc2)n1. The highest BCUT2D eigenvalue weighted by molar-refractivity contribution is 6.25. The number of aryl methyl sites for hydroxylation is 1. The summed E-state index contributed by atoms with van der Waals surface area (Å²) >= 11 is 0. The Hall–Kier alpha value is -5.98. The lowest BCUT2D eigenvalue weighted by Crippen LogP contribution is -2.54. The third-order valence-corrected chi connectivity index (χ3v) is 7.74. The number of nitrogens with zero attached hydrogens (tertiary/aromatic N) is 4. The van der Waals surface area contributed by atoms with Gasteiger partial charge in [0.15, 0.2) is 0 Å². The van der Waals surface area contributed by atoms with Crippen molar-refractivity contribution in [3.63, 3.8) is 0 Å². The maximum absolute atomic E-state index is 13.3. The summed E-state index contributed by atoms with van der Waals surface area (Å²) in [6.07, 6.45) is 5.87. The zero-order valence-electron chi connectivity index (χ0n) is 24.9. The second-order valence-corrected chi connectivity index (χ2v) is 10.9. The Labute approximate surface area is 263 Å². The fourth-order valence-corrected chi connectivity index (χ4v) is 5.41. The van der Waals surface area contributed by atoms with Gasteiger partial charge in [-0.3, -0.25) is 39.2 Å². The highest BCUT2D eigenvalue weighted by atomic mass is 16.2. The number of aromatic nitrogens is 3. The molecule has 13 heteroatoms. The largest absolute Gasteiger partial charge is 0.384 e. The predicted molar refractivity (Wildman–Crippen MR) is 169 cm³/mol. The number of imide groups is 2. The molecule has 0 spiro atoms. The molecule has 1 fully saturated rings. The van der Waals surface area contributed by atoms with Crippen LogP contribution in [0.3, 0.4) is 0 Å². The van der Waals surface area contributed by atoms with Crippen LogP contribution < -0.4 is 21.3 Å². The van der Waals surface area contributed by atoms with Crippen LogP contribution in [0.25, 0.3) is 11.3 Å². The topological polar surface area (TPSA) is 175 Å². The van der Waals surface area contributed by atoms with Gasteiger partial charge < -0.3 is 16.0 Å². The molecule has 5 amide bonds. The van der Waals surface area contributed by atoms with E-state index in [9.17, 15) is 24.0 Å². The normalized spacial score (nSPS) is 15.8. The number of pyridine rings is 1. The summed E-state index contributed by atoms with van der Waals surface area (Å²) in [5.74, 6) is -2.04. The highest BCUT2D eigenvalue weighted by Crippen LogP contribution is 2.32. The molecule has 0 aliphatic carbocycles. The van der Waals surface area contributed by atoms with Gasteiger partial charge in [0.25, 0.3) is 11.8 Å². The van der Waals surface area contributed by atoms with E-state index >= 15 is 0 Å². The van der Waals surface area contributed by atoms with E-state index in [1.165, 1.54) is 6.07 Å². The minimum atomic E-state index is -1.04. The van der Waals surface area contributed by atoms with E-state index in [2.05, 4.69) is 36.2 Å². The molecule has 0 bridgehead atoms. The molecule has 6 rings (SSSR count). The second kappa shape index (κ2) is 12.9. The third-order valence-electron chi connectivity index (χ3n) is 7.74. The maximum Gasteiger partial charge on any atom is 0.264 e. The molecule has 2 aromatic heterocycles. The van der Waals surface area contributed by atoms with Crippen LogP contribution in [-0.4, -0.2) is 62.0 Å². The van der Waals surface area contributed by atoms with Crippen molar-refractivity contribution in [3.05, 3.63) is 89.9 Å². The van der Waals surface area contributed by atoms with Gasteiger partial charge in [0, 0.05) is 60.6 Å². The number of piperidine rings is 1. The molecule has 232 valence electrons. The number of rotatable bonds is 10. The number of hydrogen-bond donors (Lipinski definition) is 4. The molecule has 46 heavy (non-hydrogen) atoms. The van der Waals surface area contributed by atoms with Crippen molar-refractivity contribution in [1.29, 1.82) is 0 Å². The van der Waals surface area contributed by atoms with Crippen molar-refractivity contribution >= 4 is 52.5 Å². The predicted octanol–water partition coefficient (Wildman–Crippen LogP) is 3.82. The van der Waals surface area contributed by atoms with Crippen LogP contribution in [0.4, 0.5) is 23.0 Å². The summed E-state index contributed by atoms with van der Waals surface area (Å²) in [5, 5.41) is 11.5. The molecule has 1 saturated heterocycles. The number of amides is 5. The van der Waals surface area contributed by atoms with E-state index in [4.69, 9.17) is 0 Å². The van der Waals surface area contributed by atoms with Gasteiger partial charge in [0.05, 0.1) is 16.8 Å². The fraction of sp³-hybridized carbons (Fsp3) is 0.212. The Morgan fingerprint density at radius 2 is 1.87 bits per heavy atom. The molecule has 2 aliphatic rings. The van der Waals surface area contributed by atoms with Crippen molar-refractivity contribution in [1.82, 2.24) is 25.2 Å². The van der Waals surface area contributed by atoms with E-state index < -0.39 is 29.7 Å². The Morgan fingerprint density at radius 3 is 2.67 bits per heavy atom. The van der Waals surface area contributed by atoms with Crippen LogP contribution in [0.2, 0.25) is 0 Å². The monoisotopic (exact) mass is 618 g/mol. The van der Waals surface area contributed by atoms with E-state index in [0.717, 1.165) is 27.4 Å². The number of benzene rings is 2. The molecule has 2 aromatic carbocycles. The Kier molecular flexibility index (Phi) is 8.46. The van der Waals surface area contributed by atoms with E-state index in [-0.39, 0.29) is 36.3 Å². The summed E-state index contributed by atoms with van der Waals surface area (Å²) in [4.78, 5) is 77.0. The van der Waals surface area contributed by atoms with Gasteiger partial charge >= 0.3 is 0 Å². The van der Waals surface area contributed by atoms with Crippen LogP contribution >= 0.6 is 0 Å².